The Balaban J connectivity index is 1.90. The molecule has 1 unspecified atom stereocenters. The summed E-state index contributed by atoms with van der Waals surface area (Å²) in [5, 5.41) is 4.82. The van der Waals surface area contributed by atoms with E-state index >= 15 is 0 Å². The maximum absolute atomic E-state index is 12.6. The molecule has 23 heavy (non-hydrogen) atoms. The zero-order valence-corrected chi connectivity index (χ0v) is 14.0. The number of carbonyl (C=O) groups is 2. The lowest BCUT2D eigenvalue weighted by Crippen LogP contribution is -2.45. The van der Waals surface area contributed by atoms with Gasteiger partial charge in [0.25, 0.3) is 5.91 Å². The second kappa shape index (κ2) is 6.50. The van der Waals surface area contributed by atoms with Gasteiger partial charge in [0.2, 0.25) is 5.91 Å². The first-order valence-corrected chi connectivity index (χ1v) is 8.51. The summed E-state index contributed by atoms with van der Waals surface area (Å²) in [4.78, 5) is 32.0. The Morgan fingerprint density at radius 3 is 2.87 bits per heavy atom. The number of nitrogens with one attached hydrogen (secondary N) is 1. The molecule has 0 saturated heterocycles. The number of amides is 2. The van der Waals surface area contributed by atoms with E-state index in [1.165, 1.54) is 11.3 Å². The number of rotatable bonds is 3. The number of nitrogens with zero attached hydrogens (tertiary/aromatic N) is 2. The zero-order chi connectivity index (χ0) is 16.4. The Morgan fingerprint density at radius 1 is 1.35 bits per heavy atom. The van der Waals surface area contributed by atoms with Gasteiger partial charge in [-0.3, -0.25) is 14.6 Å². The molecule has 120 valence electrons. The molecule has 0 bridgehead atoms. The van der Waals surface area contributed by atoms with Gasteiger partial charge in [0.05, 0.1) is 16.5 Å². The van der Waals surface area contributed by atoms with Gasteiger partial charge in [-0.05, 0) is 36.9 Å². The van der Waals surface area contributed by atoms with E-state index < -0.39 is 5.92 Å². The molecule has 0 aromatic carbocycles. The third-order valence-corrected chi connectivity index (χ3v) is 4.64. The molecule has 1 aliphatic heterocycles. The van der Waals surface area contributed by atoms with E-state index in [4.69, 9.17) is 0 Å². The first-order valence-electron chi connectivity index (χ1n) is 7.63. The predicted molar refractivity (Wildman–Crippen MR) is 89.3 cm³/mol. The lowest BCUT2D eigenvalue weighted by atomic mass is 9.93. The number of hydrogen-bond acceptors (Lipinski definition) is 4. The average Bonchev–Trinajstić information content (AvgIpc) is 3.06. The van der Waals surface area contributed by atoms with Crippen molar-refractivity contribution in [2.24, 2.45) is 0 Å². The van der Waals surface area contributed by atoms with E-state index in [2.05, 4.69) is 10.3 Å². The number of thiophene rings is 1. The van der Waals surface area contributed by atoms with Crippen molar-refractivity contribution >= 4 is 23.2 Å². The Morgan fingerprint density at radius 2 is 2.17 bits per heavy atom. The zero-order valence-electron chi connectivity index (χ0n) is 13.2. The summed E-state index contributed by atoms with van der Waals surface area (Å²) >= 11 is 1.42. The molecule has 2 aromatic rings. The number of hydrogen-bond donors (Lipinski definition) is 1. The number of pyridine rings is 1. The van der Waals surface area contributed by atoms with Crippen LogP contribution < -0.4 is 5.32 Å². The maximum atomic E-state index is 12.6. The maximum Gasteiger partial charge on any atom is 0.264 e. The van der Waals surface area contributed by atoms with Crippen molar-refractivity contribution in [2.45, 2.75) is 32.4 Å². The molecule has 3 heterocycles. The van der Waals surface area contributed by atoms with Crippen LogP contribution in [0.2, 0.25) is 0 Å². The van der Waals surface area contributed by atoms with Crippen molar-refractivity contribution in [3.63, 3.8) is 0 Å². The van der Waals surface area contributed by atoms with Gasteiger partial charge in [-0.1, -0.05) is 12.1 Å². The lowest BCUT2D eigenvalue weighted by molar-refractivity contribution is -0.123. The van der Waals surface area contributed by atoms with E-state index in [0.29, 0.717) is 18.0 Å². The molecule has 3 rings (SSSR count). The van der Waals surface area contributed by atoms with Gasteiger partial charge in [0.1, 0.15) is 0 Å². The van der Waals surface area contributed by atoms with Gasteiger partial charge in [-0.2, -0.15) is 0 Å². The van der Waals surface area contributed by atoms with Crippen LogP contribution in [0.3, 0.4) is 0 Å². The van der Waals surface area contributed by atoms with Gasteiger partial charge in [-0.15, -0.1) is 11.3 Å². The highest BCUT2D eigenvalue weighted by Gasteiger charge is 2.34. The molecule has 6 heteroatoms. The molecule has 1 aliphatic rings. The third kappa shape index (κ3) is 3.27. The Bertz CT molecular complexity index is 712. The minimum absolute atomic E-state index is 0.0307. The van der Waals surface area contributed by atoms with Gasteiger partial charge < -0.3 is 10.2 Å². The first kappa shape index (κ1) is 15.7. The molecule has 1 N–H and O–H groups in total. The monoisotopic (exact) mass is 329 g/mol. The van der Waals surface area contributed by atoms with E-state index in [1.807, 2.05) is 43.5 Å². The molecule has 5 nitrogen and oxygen atoms in total. The Labute approximate surface area is 139 Å². The van der Waals surface area contributed by atoms with Crippen molar-refractivity contribution < 1.29 is 9.59 Å². The molecular weight excluding hydrogens is 310 g/mol. The predicted octanol–water partition coefficient (Wildman–Crippen LogP) is 2.41. The van der Waals surface area contributed by atoms with E-state index in [9.17, 15) is 9.59 Å². The van der Waals surface area contributed by atoms with Crippen LogP contribution in [0.5, 0.6) is 0 Å². The molecule has 0 saturated carbocycles. The normalized spacial score (nSPS) is 17.0. The molecular formula is C17H19N3O2S. The first-order chi connectivity index (χ1) is 11.1. The largest absolute Gasteiger partial charge is 0.353 e. The summed E-state index contributed by atoms with van der Waals surface area (Å²) in [6.07, 6.45) is 1.70. The molecule has 1 atom stereocenters. The number of fused-ring (bicyclic) bond motifs is 1. The average molecular weight is 329 g/mol. The second-order valence-corrected chi connectivity index (χ2v) is 6.87. The fourth-order valence-electron chi connectivity index (χ4n) is 2.78. The smallest absolute Gasteiger partial charge is 0.264 e. The molecule has 0 radical (unpaired) electrons. The highest BCUT2D eigenvalue weighted by molar-refractivity contribution is 7.12. The number of aromatic nitrogens is 1. The minimum atomic E-state index is -0.425. The summed E-state index contributed by atoms with van der Waals surface area (Å²) in [5.74, 6) is -0.535. The van der Waals surface area contributed by atoms with Gasteiger partial charge >= 0.3 is 0 Å². The molecule has 2 amide bonds. The summed E-state index contributed by atoms with van der Waals surface area (Å²) < 4.78 is 0. The van der Waals surface area contributed by atoms with Crippen LogP contribution in [-0.2, 0) is 11.3 Å². The van der Waals surface area contributed by atoms with Crippen molar-refractivity contribution in [3.05, 3.63) is 52.0 Å². The fraction of sp³-hybridized carbons (Fsp3) is 0.353. The molecule has 0 fully saturated rings. The van der Waals surface area contributed by atoms with Crippen LogP contribution >= 0.6 is 11.3 Å². The van der Waals surface area contributed by atoms with Crippen LogP contribution in [0.25, 0.3) is 0 Å². The highest BCUT2D eigenvalue weighted by Crippen LogP contribution is 2.28. The molecule has 0 spiro atoms. The Kier molecular flexibility index (Phi) is 4.43. The van der Waals surface area contributed by atoms with E-state index in [1.54, 1.807) is 11.1 Å². The molecule has 2 aromatic heterocycles. The quantitative estimate of drug-likeness (QED) is 0.940. The minimum Gasteiger partial charge on any atom is -0.353 e. The van der Waals surface area contributed by atoms with Crippen molar-refractivity contribution in [2.75, 3.05) is 6.54 Å². The van der Waals surface area contributed by atoms with Crippen LogP contribution in [0.4, 0.5) is 0 Å². The SMILES string of the molecule is CC(C)NC(=O)C1CN(C(=O)c2cccs2)Cc2cccnc21. The number of carbonyl (C=O) groups excluding carboxylic acids is 2. The van der Waals surface area contributed by atoms with Gasteiger partial charge in [-0.25, -0.2) is 0 Å². The van der Waals surface area contributed by atoms with Crippen molar-refractivity contribution in [3.8, 4) is 0 Å². The van der Waals surface area contributed by atoms with Crippen LogP contribution in [0.1, 0.15) is 40.7 Å². The van der Waals surface area contributed by atoms with E-state index in [0.717, 1.165) is 11.3 Å². The summed E-state index contributed by atoms with van der Waals surface area (Å²) in [7, 11) is 0. The topological polar surface area (TPSA) is 62.3 Å². The van der Waals surface area contributed by atoms with Crippen molar-refractivity contribution in [1.82, 2.24) is 15.2 Å². The van der Waals surface area contributed by atoms with Gasteiger partial charge in [0, 0.05) is 25.3 Å². The summed E-state index contributed by atoms with van der Waals surface area (Å²) in [5.41, 5.74) is 1.72. The standard InChI is InChI=1S/C17H19N3O2S/c1-11(2)19-16(21)13-10-20(17(22)14-6-4-8-23-14)9-12-5-3-7-18-15(12)13/h3-8,11,13H,9-10H2,1-2H3,(H,19,21). The lowest BCUT2D eigenvalue weighted by Gasteiger charge is -2.33. The van der Waals surface area contributed by atoms with Crippen LogP contribution in [-0.4, -0.2) is 34.3 Å². The third-order valence-electron chi connectivity index (χ3n) is 3.79. The molecule has 0 aliphatic carbocycles. The van der Waals surface area contributed by atoms with E-state index in [-0.39, 0.29) is 17.9 Å². The van der Waals surface area contributed by atoms with Gasteiger partial charge in [0.15, 0.2) is 0 Å². The summed E-state index contributed by atoms with van der Waals surface area (Å²) in [6, 6.07) is 7.51. The van der Waals surface area contributed by atoms with Crippen LogP contribution in [0, 0.1) is 0 Å². The summed E-state index contributed by atoms with van der Waals surface area (Å²) in [6.45, 7) is 4.70. The van der Waals surface area contributed by atoms with Crippen LogP contribution in [0.15, 0.2) is 35.8 Å². The highest BCUT2D eigenvalue weighted by atomic mass is 32.1. The second-order valence-electron chi connectivity index (χ2n) is 5.93. The fourth-order valence-corrected chi connectivity index (χ4v) is 3.47. The van der Waals surface area contributed by atoms with Crippen molar-refractivity contribution in [1.29, 1.82) is 0 Å². The Hall–Kier alpha value is -2.21.